The molecule has 0 fully saturated rings. The maximum atomic E-state index is 13.0. The molecule has 5 nitrogen and oxygen atoms in total. The number of rotatable bonds is 3. The first-order chi connectivity index (χ1) is 11.6. The molecule has 3 aromatic rings. The average molecular weight is 320 g/mol. The van der Waals surface area contributed by atoms with E-state index >= 15 is 0 Å². The number of nitriles is 1. The van der Waals surface area contributed by atoms with E-state index in [1.165, 1.54) is 12.1 Å². The van der Waals surface area contributed by atoms with Crippen LogP contribution in [-0.2, 0) is 0 Å². The molecular formula is C18H13FN4O. The molecule has 24 heavy (non-hydrogen) atoms. The van der Waals surface area contributed by atoms with E-state index < -0.39 is 5.91 Å². The molecule has 1 N–H and O–H groups in total. The van der Waals surface area contributed by atoms with Crippen molar-refractivity contribution in [3.63, 3.8) is 0 Å². The van der Waals surface area contributed by atoms with Crippen LogP contribution in [0, 0.1) is 24.1 Å². The third kappa shape index (κ3) is 3.01. The second kappa shape index (κ2) is 6.34. The van der Waals surface area contributed by atoms with Gasteiger partial charge < -0.3 is 5.32 Å². The number of carbonyl (C=O) groups excluding carboxylic acids is 1. The number of nitrogens with one attached hydrogen (secondary N) is 1. The Morgan fingerprint density at radius 1 is 1.21 bits per heavy atom. The highest BCUT2D eigenvalue weighted by atomic mass is 19.1. The number of nitrogens with zero attached hydrogens (tertiary/aromatic N) is 3. The Balaban J connectivity index is 1.88. The molecule has 0 unspecified atom stereocenters. The van der Waals surface area contributed by atoms with E-state index in [9.17, 15) is 9.18 Å². The van der Waals surface area contributed by atoms with E-state index in [0.717, 1.165) is 5.69 Å². The first kappa shape index (κ1) is 15.4. The highest BCUT2D eigenvalue weighted by Gasteiger charge is 2.15. The van der Waals surface area contributed by atoms with Gasteiger partial charge in [-0.15, -0.1) is 0 Å². The minimum Gasteiger partial charge on any atom is -0.319 e. The lowest BCUT2D eigenvalue weighted by Crippen LogP contribution is -2.14. The van der Waals surface area contributed by atoms with E-state index in [1.807, 2.05) is 6.07 Å². The van der Waals surface area contributed by atoms with Gasteiger partial charge >= 0.3 is 0 Å². The number of benzene rings is 2. The van der Waals surface area contributed by atoms with Gasteiger partial charge in [0, 0.05) is 5.69 Å². The summed E-state index contributed by atoms with van der Waals surface area (Å²) in [5.74, 6) is -0.753. The van der Waals surface area contributed by atoms with Gasteiger partial charge in [0.2, 0.25) is 0 Å². The Labute approximate surface area is 138 Å². The van der Waals surface area contributed by atoms with Gasteiger partial charge in [-0.05, 0) is 49.4 Å². The summed E-state index contributed by atoms with van der Waals surface area (Å²) < 4.78 is 14.6. The first-order valence-corrected chi connectivity index (χ1v) is 7.21. The van der Waals surface area contributed by atoms with Crippen molar-refractivity contribution < 1.29 is 9.18 Å². The number of amides is 1. The van der Waals surface area contributed by atoms with Gasteiger partial charge in [-0.1, -0.05) is 12.1 Å². The number of carbonyl (C=O) groups is 1. The van der Waals surface area contributed by atoms with Gasteiger partial charge in [-0.3, -0.25) is 4.79 Å². The number of aryl methyl sites for hydroxylation is 1. The molecule has 3 rings (SSSR count). The highest BCUT2D eigenvalue weighted by Crippen LogP contribution is 2.17. The lowest BCUT2D eigenvalue weighted by Gasteiger charge is -2.05. The Morgan fingerprint density at radius 2 is 1.92 bits per heavy atom. The molecule has 1 heterocycles. The van der Waals surface area contributed by atoms with Crippen LogP contribution >= 0.6 is 0 Å². The van der Waals surface area contributed by atoms with Crippen LogP contribution in [0.3, 0.4) is 0 Å². The molecule has 1 amide bonds. The largest absolute Gasteiger partial charge is 0.319 e. The molecule has 0 aliphatic heterocycles. The normalized spacial score (nSPS) is 10.2. The van der Waals surface area contributed by atoms with E-state index in [-0.39, 0.29) is 11.5 Å². The van der Waals surface area contributed by atoms with Gasteiger partial charge in [0.1, 0.15) is 11.9 Å². The molecule has 0 aliphatic carbocycles. The quantitative estimate of drug-likeness (QED) is 0.803. The van der Waals surface area contributed by atoms with Crippen LogP contribution in [0.1, 0.15) is 21.7 Å². The van der Waals surface area contributed by atoms with Crippen molar-refractivity contribution in [2.24, 2.45) is 0 Å². The van der Waals surface area contributed by atoms with Gasteiger partial charge in [0.25, 0.3) is 5.91 Å². The van der Waals surface area contributed by atoms with Crippen molar-refractivity contribution >= 4 is 11.6 Å². The summed E-state index contributed by atoms with van der Waals surface area (Å²) in [6.45, 7) is 1.80. The lowest BCUT2D eigenvalue weighted by molar-refractivity contribution is 0.102. The predicted molar refractivity (Wildman–Crippen MR) is 87.4 cm³/mol. The Bertz CT molecular complexity index is 938. The summed E-state index contributed by atoms with van der Waals surface area (Å²) in [6, 6.07) is 16.2. The number of aromatic nitrogens is 2. The predicted octanol–water partition coefficient (Wildman–Crippen LogP) is 3.44. The zero-order chi connectivity index (χ0) is 17.1. The van der Waals surface area contributed by atoms with Crippen molar-refractivity contribution in [3.05, 3.63) is 77.4 Å². The summed E-state index contributed by atoms with van der Waals surface area (Å²) in [6.07, 6.45) is 0. The molecule has 1 aromatic heterocycles. The van der Waals surface area contributed by atoms with Gasteiger partial charge in [-0.2, -0.15) is 10.4 Å². The fourth-order valence-corrected chi connectivity index (χ4v) is 2.31. The van der Waals surface area contributed by atoms with Crippen molar-refractivity contribution in [3.8, 4) is 11.8 Å². The maximum absolute atomic E-state index is 13.0. The van der Waals surface area contributed by atoms with Crippen LogP contribution in [0.4, 0.5) is 10.1 Å². The SMILES string of the molecule is Cc1cc(C(=O)Nc2ccccc2C#N)nn1-c1ccc(F)cc1. The molecule has 0 spiro atoms. The van der Waals surface area contributed by atoms with Crippen LogP contribution in [0.2, 0.25) is 0 Å². The van der Waals surface area contributed by atoms with Crippen molar-refractivity contribution in [2.45, 2.75) is 6.92 Å². The summed E-state index contributed by atoms with van der Waals surface area (Å²) in [4.78, 5) is 12.4. The summed E-state index contributed by atoms with van der Waals surface area (Å²) >= 11 is 0. The third-order valence-corrected chi connectivity index (χ3v) is 3.49. The summed E-state index contributed by atoms with van der Waals surface area (Å²) in [7, 11) is 0. The van der Waals surface area contributed by atoms with E-state index in [2.05, 4.69) is 10.4 Å². The number of hydrogen-bond donors (Lipinski definition) is 1. The minimum absolute atomic E-state index is 0.213. The molecule has 0 atom stereocenters. The highest BCUT2D eigenvalue weighted by molar-refractivity contribution is 6.03. The smallest absolute Gasteiger partial charge is 0.276 e. The molecule has 0 saturated heterocycles. The van der Waals surface area contributed by atoms with Crippen LogP contribution in [0.25, 0.3) is 5.69 Å². The first-order valence-electron chi connectivity index (χ1n) is 7.21. The van der Waals surface area contributed by atoms with Crippen LogP contribution in [-0.4, -0.2) is 15.7 Å². The number of para-hydroxylation sites is 1. The number of halogens is 1. The van der Waals surface area contributed by atoms with Crippen molar-refractivity contribution in [1.29, 1.82) is 5.26 Å². The fourth-order valence-electron chi connectivity index (χ4n) is 2.31. The minimum atomic E-state index is -0.415. The molecule has 118 valence electrons. The molecular weight excluding hydrogens is 307 g/mol. The molecule has 0 bridgehead atoms. The Hall–Kier alpha value is -3.46. The van der Waals surface area contributed by atoms with Crippen molar-refractivity contribution in [1.82, 2.24) is 9.78 Å². The van der Waals surface area contributed by atoms with Crippen LogP contribution in [0.15, 0.2) is 54.6 Å². The maximum Gasteiger partial charge on any atom is 0.276 e. The Morgan fingerprint density at radius 3 is 2.62 bits per heavy atom. The van der Waals surface area contributed by atoms with Gasteiger partial charge in [0.05, 0.1) is 16.9 Å². The molecule has 2 aromatic carbocycles. The molecule has 0 aliphatic rings. The number of anilines is 1. The van der Waals surface area contributed by atoms with Gasteiger partial charge in [-0.25, -0.2) is 9.07 Å². The molecule has 0 radical (unpaired) electrons. The zero-order valence-electron chi connectivity index (χ0n) is 12.8. The van der Waals surface area contributed by atoms with E-state index in [4.69, 9.17) is 5.26 Å². The monoisotopic (exact) mass is 320 g/mol. The Kier molecular flexibility index (Phi) is 4.08. The zero-order valence-corrected chi connectivity index (χ0v) is 12.8. The standard InChI is InChI=1S/C18H13FN4O/c1-12-10-17(22-23(12)15-8-6-14(19)7-9-15)18(24)21-16-5-3-2-4-13(16)11-20/h2-10H,1H3,(H,21,24). The lowest BCUT2D eigenvalue weighted by atomic mass is 10.2. The van der Waals surface area contributed by atoms with Crippen LogP contribution in [0.5, 0.6) is 0 Å². The van der Waals surface area contributed by atoms with Gasteiger partial charge in [0.15, 0.2) is 5.69 Å². The summed E-state index contributed by atoms with van der Waals surface area (Å²) in [5.41, 5.74) is 2.41. The molecule has 0 saturated carbocycles. The third-order valence-electron chi connectivity index (χ3n) is 3.49. The molecule has 6 heteroatoms. The second-order valence-electron chi connectivity index (χ2n) is 5.17. The van der Waals surface area contributed by atoms with E-state index in [0.29, 0.717) is 16.9 Å². The number of hydrogen-bond acceptors (Lipinski definition) is 3. The topological polar surface area (TPSA) is 70.7 Å². The van der Waals surface area contributed by atoms with E-state index in [1.54, 1.807) is 54.1 Å². The van der Waals surface area contributed by atoms with Crippen LogP contribution < -0.4 is 5.32 Å². The van der Waals surface area contributed by atoms with Crippen molar-refractivity contribution in [2.75, 3.05) is 5.32 Å². The fraction of sp³-hybridized carbons (Fsp3) is 0.0556. The second-order valence-corrected chi connectivity index (χ2v) is 5.17. The average Bonchev–Trinajstić information content (AvgIpc) is 2.98. The summed E-state index contributed by atoms with van der Waals surface area (Å²) in [5, 5.41) is 16.0.